The van der Waals surface area contributed by atoms with E-state index in [1.54, 1.807) is 6.92 Å². The first kappa shape index (κ1) is 14.5. The molecule has 7 heteroatoms. The number of esters is 1. The summed E-state index contributed by atoms with van der Waals surface area (Å²) in [6.45, 7) is 1.31. The summed E-state index contributed by atoms with van der Waals surface area (Å²) in [5, 5.41) is 0. The molecule has 90 valence electrons. The van der Waals surface area contributed by atoms with E-state index in [1.165, 1.54) is 0 Å². The molecular weight excluding hydrogens is 235 g/mol. The normalized spacial score (nSPS) is 29.3. The Bertz CT molecular complexity index is 247. The average molecular weight is 248 g/mol. The number of rotatable bonds is 3. The predicted molar refractivity (Wildman–Crippen MR) is 49.5 cm³/mol. The molecule has 0 aromatic rings. The molecule has 0 saturated heterocycles. The molecule has 1 rings (SSSR count). The van der Waals surface area contributed by atoms with Crippen molar-refractivity contribution in [1.29, 1.82) is 0 Å². The lowest BCUT2D eigenvalue weighted by Crippen LogP contribution is -2.33. The summed E-state index contributed by atoms with van der Waals surface area (Å²) in [5.74, 6) is -2.45. The van der Waals surface area contributed by atoms with Crippen LogP contribution in [0, 0.1) is 11.3 Å². The molecule has 1 saturated carbocycles. The van der Waals surface area contributed by atoms with E-state index in [9.17, 15) is 18.0 Å². The Hall–Kier alpha value is -0.490. The molecule has 1 aliphatic rings. The van der Waals surface area contributed by atoms with Crippen molar-refractivity contribution in [1.82, 2.24) is 0 Å². The number of ether oxygens (including phenoxy) is 1. The molecule has 0 bridgehead atoms. The van der Waals surface area contributed by atoms with Crippen LogP contribution in [-0.2, 0) is 9.53 Å². The second kappa shape index (κ2) is 4.57. The van der Waals surface area contributed by atoms with E-state index in [4.69, 9.17) is 5.73 Å². The van der Waals surface area contributed by atoms with Crippen LogP contribution in [-0.4, -0.2) is 25.3 Å². The molecule has 3 nitrogen and oxygen atoms in total. The Morgan fingerprint density at radius 3 is 2.40 bits per heavy atom. The lowest BCUT2D eigenvalue weighted by Gasteiger charge is -2.14. The lowest BCUT2D eigenvalue weighted by molar-refractivity contribution is -0.170. The molecule has 0 spiro atoms. The molecule has 1 fully saturated rings. The Kier molecular flexibility index (Phi) is 4.42. The van der Waals surface area contributed by atoms with Gasteiger partial charge in [-0.05, 0) is 13.3 Å². The largest absolute Gasteiger partial charge is 0.466 e. The van der Waals surface area contributed by atoms with E-state index in [-0.39, 0.29) is 32.0 Å². The third kappa shape index (κ3) is 2.55. The SMILES string of the molecule is CCOC(=O)[C@@]1(CN)C[C@@H]1C(F)(F)F.Cl. The second-order valence-electron chi connectivity index (χ2n) is 3.38. The van der Waals surface area contributed by atoms with Crippen molar-refractivity contribution in [3.8, 4) is 0 Å². The van der Waals surface area contributed by atoms with E-state index in [0.717, 1.165) is 0 Å². The van der Waals surface area contributed by atoms with Gasteiger partial charge in [-0.25, -0.2) is 0 Å². The summed E-state index contributed by atoms with van der Waals surface area (Å²) in [5.41, 5.74) is 3.68. The number of halogens is 4. The maximum absolute atomic E-state index is 12.3. The van der Waals surface area contributed by atoms with E-state index in [1.807, 2.05) is 0 Å². The third-order valence-electron chi connectivity index (χ3n) is 2.52. The first-order valence-electron chi connectivity index (χ1n) is 4.32. The third-order valence-corrected chi connectivity index (χ3v) is 2.52. The summed E-state index contributed by atoms with van der Waals surface area (Å²) in [4.78, 5) is 11.2. The number of nitrogens with two attached hydrogens (primary N) is 1. The van der Waals surface area contributed by atoms with Crippen LogP contribution >= 0.6 is 12.4 Å². The van der Waals surface area contributed by atoms with Gasteiger partial charge in [0.2, 0.25) is 0 Å². The summed E-state index contributed by atoms with van der Waals surface area (Å²) in [6, 6.07) is 0. The molecule has 2 atom stereocenters. The van der Waals surface area contributed by atoms with E-state index in [2.05, 4.69) is 4.74 Å². The Morgan fingerprint density at radius 1 is 1.60 bits per heavy atom. The van der Waals surface area contributed by atoms with Crippen LogP contribution in [0.3, 0.4) is 0 Å². The number of hydrogen-bond donors (Lipinski definition) is 1. The molecule has 15 heavy (non-hydrogen) atoms. The molecule has 0 aliphatic heterocycles. The highest BCUT2D eigenvalue weighted by atomic mass is 35.5. The lowest BCUT2D eigenvalue weighted by atomic mass is 10.0. The van der Waals surface area contributed by atoms with Crippen molar-refractivity contribution in [2.75, 3.05) is 13.2 Å². The van der Waals surface area contributed by atoms with E-state index < -0.39 is 23.5 Å². The summed E-state index contributed by atoms with van der Waals surface area (Å²) >= 11 is 0. The van der Waals surface area contributed by atoms with E-state index in [0.29, 0.717) is 0 Å². The van der Waals surface area contributed by atoms with Gasteiger partial charge in [0.05, 0.1) is 17.9 Å². The molecule has 0 unspecified atom stereocenters. The summed E-state index contributed by atoms with van der Waals surface area (Å²) in [6.07, 6.45) is -4.60. The zero-order valence-electron chi connectivity index (χ0n) is 8.13. The van der Waals surface area contributed by atoms with Crippen LogP contribution in [0.4, 0.5) is 13.2 Å². The van der Waals surface area contributed by atoms with Crippen molar-refractivity contribution in [2.24, 2.45) is 17.1 Å². The van der Waals surface area contributed by atoms with Crippen molar-refractivity contribution in [3.63, 3.8) is 0 Å². The first-order chi connectivity index (χ1) is 6.38. The fraction of sp³-hybridized carbons (Fsp3) is 0.875. The van der Waals surface area contributed by atoms with Gasteiger partial charge in [0, 0.05) is 6.54 Å². The van der Waals surface area contributed by atoms with Crippen molar-refractivity contribution >= 4 is 18.4 Å². The summed E-state index contributed by atoms with van der Waals surface area (Å²) in [7, 11) is 0. The minimum absolute atomic E-state index is 0. The number of hydrogen-bond acceptors (Lipinski definition) is 3. The second-order valence-corrected chi connectivity index (χ2v) is 3.38. The maximum Gasteiger partial charge on any atom is 0.393 e. The van der Waals surface area contributed by atoms with Gasteiger partial charge < -0.3 is 10.5 Å². The van der Waals surface area contributed by atoms with Crippen LogP contribution in [0.2, 0.25) is 0 Å². The van der Waals surface area contributed by atoms with Gasteiger partial charge in [0.15, 0.2) is 0 Å². The maximum atomic E-state index is 12.3. The monoisotopic (exact) mass is 247 g/mol. The first-order valence-corrected chi connectivity index (χ1v) is 4.32. The topological polar surface area (TPSA) is 52.3 Å². The van der Waals surface area contributed by atoms with Crippen molar-refractivity contribution in [3.05, 3.63) is 0 Å². The standard InChI is InChI=1S/C8H12F3NO2.ClH/c1-2-14-6(13)7(4-12)3-5(7)8(9,10)11;/h5H,2-4,12H2,1H3;1H/t5-,7+;/m0./s1. The molecule has 0 heterocycles. The smallest absolute Gasteiger partial charge is 0.393 e. The minimum atomic E-state index is -4.36. The van der Waals surface area contributed by atoms with Gasteiger partial charge in [-0.1, -0.05) is 0 Å². The number of carbonyl (C=O) groups is 1. The van der Waals surface area contributed by atoms with Crippen LogP contribution in [0.15, 0.2) is 0 Å². The van der Waals surface area contributed by atoms with Gasteiger partial charge in [0.1, 0.15) is 0 Å². The fourth-order valence-corrected chi connectivity index (χ4v) is 1.54. The van der Waals surface area contributed by atoms with Crippen molar-refractivity contribution < 1.29 is 22.7 Å². The van der Waals surface area contributed by atoms with Crippen LogP contribution in [0.25, 0.3) is 0 Å². The highest BCUT2D eigenvalue weighted by Crippen LogP contribution is 2.60. The molecule has 0 aromatic heterocycles. The minimum Gasteiger partial charge on any atom is -0.466 e. The highest BCUT2D eigenvalue weighted by Gasteiger charge is 2.70. The van der Waals surface area contributed by atoms with Gasteiger partial charge in [0.25, 0.3) is 0 Å². The number of carbonyl (C=O) groups excluding carboxylic acids is 1. The molecule has 1 aliphatic carbocycles. The van der Waals surface area contributed by atoms with Crippen molar-refractivity contribution in [2.45, 2.75) is 19.5 Å². The van der Waals surface area contributed by atoms with Crippen LogP contribution in [0.5, 0.6) is 0 Å². The molecule has 0 radical (unpaired) electrons. The van der Waals surface area contributed by atoms with Crippen LogP contribution < -0.4 is 5.73 Å². The van der Waals surface area contributed by atoms with Gasteiger partial charge in [-0.3, -0.25) is 4.79 Å². The molecule has 0 amide bonds. The quantitative estimate of drug-likeness (QED) is 0.769. The number of alkyl halides is 3. The zero-order chi connectivity index (χ0) is 11.0. The highest BCUT2D eigenvalue weighted by molar-refractivity contribution is 5.85. The Labute approximate surface area is 91.6 Å². The molecule has 0 aromatic carbocycles. The van der Waals surface area contributed by atoms with Gasteiger partial charge in [-0.2, -0.15) is 13.2 Å². The average Bonchev–Trinajstić information content (AvgIpc) is 2.79. The van der Waals surface area contributed by atoms with Gasteiger partial charge in [-0.15, -0.1) is 12.4 Å². The van der Waals surface area contributed by atoms with Crippen LogP contribution in [0.1, 0.15) is 13.3 Å². The predicted octanol–water partition coefficient (Wildman–Crippen LogP) is 1.50. The fourth-order valence-electron chi connectivity index (χ4n) is 1.54. The summed E-state index contributed by atoms with van der Waals surface area (Å²) < 4.78 is 41.3. The Morgan fingerprint density at radius 2 is 2.13 bits per heavy atom. The van der Waals surface area contributed by atoms with E-state index >= 15 is 0 Å². The van der Waals surface area contributed by atoms with Gasteiger partial charge >= 0.3 is 12.1 Å². The zero-order valence-corrected chi connectivity index (χ0v) is 8.95. The Balaban J connectivity index is 0.00000196. The molecule has 2 N–H and O–H groups in total. The molecular formula is C8H13ClF3NO2.